The lowest BCUT2D eigenvalue weighted by molar-refractivity contribution is 0.150. The van der Waals surface area contributed by atoms with E-state index < -0.39 is 0 Å². The Balaban J connectivity index is 0.000000291. The summed E-state index contributed by atoms with van der Waals surface area (Å²) >= 11 is 0. The maximum absolute atomic E-state index is 7.00. The lowest BCUT2D eigenvalue weighted by Gasteiger charge is -2.07. The summed E-state index contributed by atoms with van der Waals surface area (Å²) in [5.74, 6) is 0. The van der Waals surface area contributed by atoms with Crippen LogP contribution in [-0.4, -0.2) is 25.4 Å². The molecule has 0 spiro atoms. The molecule has 0 unspecified atom stereocenters. The van der Waals surface area contributed by atoms with Crippen LogP contribution in [0, 0.1) is 0 Å². The SMILES string of the molecule is CC1=CCCOC1.CO. The monoisotopic (exact) mass is 130 g/mol. The summed E-state index contributed by atoms with van der Waals surface area (Å²) in [4.78, 5) is 0. The van der Waals surface area contributed by atoms with Gasteiger partial charge in [0.25, 0.3) is 0 Å². The number of aliphatic hydroxyl groups excluding tert-OH is 1. The third-order valence-corrected chi connectivity index (χ3v) is 1.08. The second-order valence-electron chi connectivity index (χ2n) is 1.89. The van der Waals surface area contributed by atoms with Crippen molar-refractivity contribution in [1.82, 2.24) is 0 Å². The van der Waals surface area contributed by atoms with Crippen LogP contribution in [0.5, 0.6) is 0 Å². The Morgan fingerprint density at radius 2 is 2.22 bits per heavy atom. The van der Waals surface area contributed by atoms with Gasteiger partial charge in [0.2, 0.25) is 0 Å². The van der Waals surface area contributed by atoms with Gasteiger partial charge in [0.1, 0.15) is 0 Å². The first kappa shape index (κ1) is 8.66. The molecule has 2 heteroatoms. The first-order chi connectivity index (χ1) is 4.39. The zero-order chi connectivity index (χ0) is 7.11. The van der Waals surface area contributed by atoms with E-state index in [-0.39, 0.29) is 0 Å². The van der Waals surface area contributed by atoms with E-state index >= 15 is 0 Å². The van der Waals surface area contributed by atoms with Gasteiger partial charge in [-0.05, 0) is 13.3 Å². The Bertz CT molecular complexity index is 86.9. The van der Waals surface area contributed by atoms with Crippen LogP contribution in [0.2, 0.25) is 0 Å². The number of rotatable bonds is 0. The van der Waals surface area contributed by atoms with E-state index in [1.165, 1.54) is 5.57 Å². The second-order valence-corrected chi connectivity index (χ2v) is 1.89. The van der Waals surface area contributed by atoms with Crippen molar-refractivity contribution in [2.45, 2.75) is 13.3 Å². The first-order valence-electron chi connectivity index (χ1n) is 3.08. The predicted octanol–water partition coefficient (Wildman–Crippen LogP) is 0.962. The molecule has 54 valence electrons. The Kier molecular flexibility index (Phi) is 5.57. The molecule has 2 nitrogen and oxygen atoms in total. The second kappa shape index (κ2) is 5.79. The number of hydrogen-bond donors (Lipinski definition) is 1. The maximum Gasteiger partial charge on any atom is 0.0674 e. The highest BCUT2D eigenvalue weighted by atomic mass is 16.5. The van der Waals surface area contributed by atoms with E-state index in [1.54, 1.807) is 0 Å². The fourth-order valence-electron chi connectivity index (χ4n) is 0.681. The highest BCUT2D eigenvalue weighted by Gasteiger charge is 1.94. The minimum atomic E-state index is 0.847. The third kappa shape index (κ3) is 4.18. The summed E-state index contributed by atoms with van der Waals surface area (Å²) in [6.07, 6.45) is 3.33. The predicted molar refractivity (Wildman–Crippen MR) is 37.3 cm³/mol. The van der Waals surface area contributed by atoms with Gasteiger partial charge in [0.15, 0.2) is 0 Å². The van der Waals surface area contributed by atoms with E-state index in [0.717, 1.165) is 26.7 Å². The summed E-state index contributed by atoms with van der Waals surface area (Å²) in [5.41, 5.74) is 1.37. The van der Waals surface area contributed by atoms with Crippen LogP contribution in [-0.2, 0) is 4.74 Å². The quantitative estimate of drug-likeness (QED) is 0.495. The van der Waals surface area contributed by atoms with Gasteiger partial charge in [-0.1, -0.05) is 11.6 Å². The van der Waals surface area contributed by atoms with Crippen molar-refractivity contribution < 1.29 is 9.84 Å². The number of aliphatic hydroxyl groups is 1. The van der Waals surface area contributed by atoms with Crippen LogP contribution in [0.25, 0.3) is 0 Å². The molecule has 0 aromatic heterocycles. The number of hydrogen-bond acceptors (Lipinski definition) is 2. The van der Waals surface area contributed by atoms with Crippen molar-refractivity contribution in [2.75, 3.05) is 20.3 Å². The van der Waals surface area contributed by atoms with Gasteiger partial charge < -0.3 is 9.84 Å². The topological polar surface area (TPSA) is 29.5 Å². The van der Waals surface area contributed by atoms with Gasteiger partial charge in [0, 0.05) is 7.11 Å². The van der Waals surface area contributed by atoms with Gasteiger partial charge >= 0.3 is 0 Å². The standard InChI is InChI=1S/C6H10O.CH4O/c1-6-3-2-4-7-5-6;1-2/h3H,2,4-5H2,1H3;2H,1H3. The van der Waals surface area contributed by atoms with E-state index in [0.29, 0.717) is 0 Å². The minimum absolute atomic E-state index is 0.847. The Morgan fingerprint density at radius 1 is 1.56 bits per heavy atom. The summed E-state index contributed by atoms with van der Waals surface area (Å²) in [5, 5.41) is 7.00. The molecule has 1 aliphatic rings. The summed E-state index contributed by atoms with van der Waals surface area (Å²) in [6.45, 7) is 3.86. The van der Waals surface area contributed by atoms with Crippen molar-refractivity contribution in [3.8, 4) is 0 Å². The average Bonchev–Trinajstić information content (AvgIpc) is 1.94. The van der Waals surface area contributed by atoms with Crippen LogP contribution in [0.1, 0.15) is 13.3 Å². The lowest BCUT2D eigenvalue weighted by Crippen LogP contribution is -2.02. The molecule has 1 aliphatic heterocycles. The molecule has 0 amide bonds. The molecule has 0 aromatic rings. The zero-order valence-corrected chi connectivity index (χ0v) is 6.05. The van der Waals surface area contributed by atoms with E-state index in [9.17, 15) is 0 Å². The fraction of sp³-hybridized carbons (Fsp3) is 0.714. The molecule has 0 saturated heterocycles. The van der Waals surface area contributed by atoms with Gasteiger partial charge in [-0.3, -0.25) is 0 Å². The molecule has 9 heavy (non-hydrogen) atoms. The van der Waals surface area contributed by atoms with Crippen molar-refractivity contribution in [1.29, 1.82) is 0 Å². The summed E-state index contributed by atoms with van der Waals surface area (Å²) in [6, 6.07) is 0. The molecule has 0 radical (unpaired) electrons. The van der Waals surface area contributed by atoms with Crippen LogP contribution in [0.4, 0.5) is 0 Å². The summed E-state index contributed by atoms with van der Waals surface area (Å²) < 4.78 is 5.11. The van der Waals surface area contributed by atoms with Gasteiger partial charge in [-0.15, -0.1) is 0 Å². The Morgan fingerprint density at radius 3 is 2.44 bits per heavy atom. The molecule has 0 fully saturated rings. The van der Waals surface area contributed by atoms with Gasteiger partial charge in [0.05, 0.1) is 13.2 Å². The highest BCUT2D eigenvalue weighted by molar-refractivity contribution is 5.00. The normalized spacial score (nSPS) is 17.4. The minimum Gasteiger partial charge on any atom is -0.400 e. The molecule has 0 atom stereocenters. The number of ether oxygens (including phenoxy) is 1. The Hall–Kier alpha value is -0.340. The molecule has 1 N–H and O–H groups in total. The molecule has 0 bridgehead atoms. The lowest BCUT2D eigenvalue weighted by atomic mass is 10.2. The zero-order valence-electron chi connectivity index (χ0n) is 6.05. The summed E-state index contributed by atoms with van der Waals surface area (Å²) in [7, 11) is 1.00. The molecule has 0 saturated carbocycles. The molecule has 0 aliphatic carbocycles. The molecule has 1 rings (SSSR count). The molecule has 1 heterocycles. The van der Waals surface area contributed by atoms with Crippen LogP contribution in [0.3, 0.4) is 0 Å². The van der Waals surface area contributed by atoms with Crippen LogP contribution >= 0.6 is 0 Å². The van der Waals surface area contributed by atoms with Crippen LogP contribution in [0.15, 0.2) is 11.6 Å². The Labute approximate surface area is 56.1 Å². The van der Waals surface area contributed by atoms with Crippen LogP contribution < -0.4 is 0 Å². The highest BCUT2D eigenvalue weighted by Crippen LogP contribution is 2.02. The molecular weight excluding hydrogens is 116 g/mol. The van der Waals surface area contributed by atoms with E-state index in [4.69, 9.17) is 9.84 Å². The van der Waals surface area contributed by atoms with Gasteiger partial charge in [-0.2, -0.15) is 0 Å². The fourth-order valence-corrected chi connectivity index (χ4v) is 0.681. The van der Waals surface area contributed by atoms with E-state index in [1.807, 2.05) is 0 Å². The largest absolute Gasteiger partial charge is 0.400 e. The maximum atomic E-state index is 7.00. The van der Waals surface area contributed by atoms with E-state index in [2.05, 4.69) is 13.0 Å². The average molecular weight is 130 g/mol. The van der Waals surface area contributed by atoms with Gasteiger partial charge in [-0.25, -0.2) is 0 Å². The smallest absolute Gasteiger partial charge is 0.0674 e. The van der Waals surface area contributed by atoms with Crippen molar-refractivity contribution in [3.05, 3.63) is 11.6 Å². The van der Waals surface area contributed by atoms with Crippen molar-refractivity contribution in [2.24, 2.45) is 0 Å². The first-order valence-corrected chi connectivity index (χ1v) is 3.08. The molecular formula is C7H14O2. The van der Waals surface area contributed by atoms with Crippen molar-refractivity contribution in [3.63, 3.8) is 0 Å². The van der Waals surface area contributed by atoms with Crippen molar-refractivity contribution >= 4 is 0 Å². The third-order valence-electron chi connectivity index (χ3n) is 1.08. The molecule has 0 aromatic carbocycles.